The molecule has 0 heterocycles. The molecule has 11 heavy (non-hydrogen) atoms. The molecule has 0 aromatic carbocycles. The number of ether oxygens (including phenoxy) is 1. The summed E-state index contributed by atoms with van der Waals surface area (Å²) in [5.41, 5.74) is 0. The minimum atomic E-state index is -0.563. The Morgan fingerprint density at radius 3 is 2.36 bits per heavy atom. The molecule has 0 aromatic rings. The maximum absolute atomic E-state index is 11.2. The molecule has 1 aliphatic rings. The van der Waals surface area contributed by atoms with Gasteiger partial charge < -0.3 is 4.74 Å². The molecule has 1 atom stereocenters. The highest BCUT2D eigenvalue weighted by Crippen LogP contribution is 2.32. The van der Waals surface area contributed by atoms with Crippen molar-refractivity contribution in [3.05, 3.63) is 0 Å². The average Bonchev–Trinajstić information content (AvgIpc) is 2.82. The van der Waals surface area contributed by atoms with Gasteiger partial charge in [0, 0.05) is 5.92 Å². The number of hydrogen-bond donors (Lipinski definition) is 0. The van der Waals surface area contributed by atoms with E-state index in [4.69, 9.17) is 0 Å². The first-order valence-corrected chi connectivity index (χ1v) is 3.78. The lowest BCUT2D eigenvalue weighted by Gasteiger charge is -2.05. The van der Waals surface area contributed by atoms with Crippen molar-refractivity contribution in [1.29, 1.82) is 0 Å². The standard InChI is InChI=1S/C8H12O3/c1-5(8(10)11-2)7(9)6-3-4-6/h5-6H,3-4H2,1-2H3. The summed E-state index contributed by atoms with van der Waals surface area (Å²) >= 11 is 0. The molecule has 3 nitrogen and oxygen atoms in total. The molecular weight excluding hydrogens is 144 g/mol. The van der Waals surface area contributed by atoms with Crippen molar-refractivity contribution in [3.63, 3.8) is 0 Å². The molecule has 62 valence electrons. The van der Waals surface area contributed by atoms with Crippen LogP contribution in [0.15, 0.2) is 0 Å². The average molecular weight is 156 g/mol. The zero-order valence-electron chi connectivity index (χ0n) is 6.79. The van der Waals surface area contributed by atoms with Gasteiger partial charge in [0.2, 0.25) is 0 Å². The molecule has 1 aliphatic carbocycles. The van der Waals surface area contributed by atoms with E-state index < -0.39 is 11.9 Å². The Morgan fingerprint density at radius 2 is 2.00 bits per heavy atom. The fourth-order valence-electron chi connectivity index (χ4n) is 1.01. The Kier molecular flexibility index (Phi) is 2.27. The molecule has 0 spiro atoms. The van der Waals surface area contributed by atoms with Gasteiger partial charge in [0.15, 0.2) is 0 Å². The van der Waals surface area contributed by atoms with Gasteiger partial charge >= 0.3 is 5.97 Å². The maximum Gasteiger partial charge on any atom is 0.315 e. The van der Waals surface area contributed by atoms with E-state index in [2.05, 4.69) is 4.74 Å². The van der Waals surface area contributed by atoms with E-state index >= 15 is 0 Å². The van der Waals surface area contributed by atoms with Crippen molar-refractivity contribution >= 4 is 11.8 Å². The topological polar surface area (TPSA) is 43.4 Å². The van der Waals surface area contributed by atoms with E-state index in [0.29, 0.717) is 0 Å². The Bertz CT molecular complexity index is 182. The highest BCUT2D eigenvalue weighted by atomic mass is 16.5. The number of carbonyl (C=O) groups excluding carboxylic acids is 2. The van der Waals surface area contributed by atoms with Gasteiger partial charge in [0.25, 0.3) is 0 Å². The van der Waals surface area contributed by atoms with Crippen molar-refractivity contribution in [2.24, 2.45) is 11.8 Å². The fraction of sp³-hybridized carbons (Fsp3) is 0.750. The Morgan fingerprint density at radius 1 is 1.45 bits per heavy atom. The minimum absolute atomic E-state index is 0.0388. The van der Waals surface area contributed by atoms with Crippen molar-refractivity contribution in [2.75, 3.05) is 7.11 Å². The predicted molar refractivity (Wildman–Crippen MR) is 38.9 cm³/mol. The summed E-state index contributed by atoms with van der Waals surface area (Å²) in [4.78, 5) is 22.0. The molecule has 0 aliphatic heterocycles. The van der Waals surface area contributed by atoms with E-state index in [1.165, 1.54) is 7.11 Å². The molecule has 1 rings (SSSR count). The smallest absolute Gasteiger partial charge is 0.315 e. The summed E-state index contributed by atoms with van der Waals surface area (Å²) < 4.78 is 4.45. The minimum Gasteiger partial charge on any atom is -0.468 e. The van der Waals surface area contributed by atoms with E-state index in [1.54, 1.807) is 6.92 Å². The second kappa shape index (κ2) is 3.03. The second-order valence-corrected chi connectivity index (χ2v) is 2.92. The number of rotatable bonds is 3. The van der Waals surface area contributed by atoms with Crippen LogP contribution in [0.5, 0.6) is 0 Å². The van der Waals surface area contributed by atoms with Gasteiger partial charge in [-0.05, 0) is 19.8 Å². The Hall–Kier alpha value is -0.860. The Balaban J connectivity index is 2.44. The van der Waals surface area contributed by atoms with Crippen molar-refractivity contribution in [2.45, 2.75) is 19.8 Å². The van der Waals surface area contributed by atoms with Gasteiger partial charge in [-0.1, -0.05) is 0 Å². The largest absolute Gasteiger partial charge is 0.468 e. The number of ketones is 1. The van der Waals surface area contributed by atoms with Crippen LogP contribution in [-0.4, -0.2) is 18.9 Å². The van der Waals surface area contributed by atoms with Crippen LogP contribution < -0.4 is 0 Å². The number of methoxy groups -OCH3 is 1. The summed E-state index contributed by atoms with van der Waals surface area (Å²) in [6.45, 7) is 1.60. The normalized spacial score (nSPS) is 19.1. The number of esters is 1. The summed E-state index contributed by atoms with van der Waals surface area (Å²) in [5.74, 6) is -0.796. The van der Waals surface area contributed by atoms with Crippen LogP contribution in [0.3, 0.4) is 0 Å². The van der Waals surface area contributed by atoms with Crippen molar-refractivity contribution in [1.82, 2.24) is 0 Å². The summed E-state index contributed by atoms with van der Waals surface area (Å²) in [6, 6.07) is 0. The molecule has 0 saturated heterocycles. The van der Waals surface area contributed by atoms with Crippen LogP contribution in [-0.2, 0) is 14.3 Å². The quantitative estimate of drug-likeness (QED) is 0.448. The van der Waals surface area contributed by atoms with Crippen LogP contribution in [0.1, 0.15) is 19.8 Å². The van der Waals surface area contributed by atoms with Crippen LogP contribution >= 0.6 is 0 Å². The molecule has 0 radical (unpaired) electrons. The molecule has 1 unspecified atom stereocenters. The third-order valence-corrected chi connectivity index (χ3v) is 1.96. The molecular formula is C8H12O3. The van der Waals surface area contributed by atoms with Gasteiger partial charge in [-0.15, -0.1) is 0 Å². The van der Waals surface area contributed by atoms with Gasteiger partial charge in [-0.3, -0.25) is 9.59 Å². The van der Waals surface area contributed by atoms with Crippen LogP contribution in [0.25, 0.3) is 0 Å². The molecule has 1 fully saturated rings. The zero-order chi connectivity index (χ0) is 8.43. The van der Waals surface area contributed by atoms with Gasteiger partial charge in [-0.25, -0.2) is 0 Å². The third-order valence-electron chi connectivity index (χ3n) is 1.96. The van der Waals surface area contributed by atoms with E-state index in [9.17, 15) is 9.59 Å². The van der Waals surface area contributed by atoms with Crippen LogP contribution in [0, 0.1) is 11.8 Å². The van der Waals surface area contributed by atoms with Crippen molar-refractivity contribution < 1.29 is 14.3 Å². The molecule has 0 bridgehead atoms. The molecule has 0 aromatic heterocycles. The van der Waals surface area contributed by atoms with Crippen LogP contribution in [0.2, 0.25) is 0 Å². The third kappa shape index (κ3) is 1.79. The first-order chi connectivity index (χ1) is 5.16. The lowest BCUT2D eigenvalue weighted by molar-refractivity contribution is -0.148. The predicted octanol–water partition coefficient (Wildman–Crippen LogP) is 0.775. The van der Waals surface area contributed by atoms with Gasteiger partial charge in [0.1, 0.15) is 11.7 Å². The first-order valence-electron chi connectivity index (χ1n) is 3.78. The summed E-state index contributed by atoms with van der Waals surface area (Å²) in [7, 11) is 1.30. The van der Waals surface area contributed by atoms with Crippen molar-refractivity contribution in [3.8, 4) is 0 Å². The van der Waals surface area contributed by atoms with Crippen LogP contribution in [0.4, 0.5) is 0 Å². The van der Waals surface area contributed by atoms with E-state index in [-0.39, 0.29) is 11.7 Å². The van der Waals surface area contributed by atoms with E-state index in [0.717, 1.165) is 12.8 Å². The molecule has 1 saturated carbocycles. The Labute approximate surface area is 65.7 Å². The number of Topliss-reactive ketones (excluding diaryl/α,β-unsaturated/α-hetero) is 1. The summed E-state index contributed by atoms with van der Waals surface area (Å²) in [6.07, 6.45) is 1.89. The maximum atomic E-state index is 11.2. The molecule has 0 amide bonds. The first kappa shape index (κ1) is 8.24. The monoisotopic (exact) mass is 156 g/mol. The second-order valence-electron chi connectivity index (χ2n) is 2.92. The lowest BCUT2D eigenvalue weighted by atomic mass is 10.0. The lowest BCUT2D eigenvalue weighted by Crippen LogP contribution is -2.23. The highest BCUT2D eigenvalue weighted by molar-refractivity contribution is 6.00. The van der Waals surface area contributed by atoms with Gasteiger partial charge in [0.05, 0.1) is 7.11 Å². The zero-order valence-corrected chi connectivity index (χ0v) is 6.79. The molecule has 0 N–H and O–H groups in total. The fourth-order valence-corrected chi connectivity index (χ4v) is 1.01. The SMILES string of the molecule is COC(=O)C(C)C(=O)C1CC1. The van der Waals surface area contributed by atoms with E-state index in [1.807, 2.05) is 0 Å². The number of hydrogen-bond acceptors (Lipinski definition) is 3. The van der Waals surface area contributed by atoms with Gasteiger partial charge in [-0.2, -0.15) is 0 Å². The number of carbonyl (C=O) groups is 2. The highest BCUT2D eigenvalue weighted by Gasteiger charge is 2.36. The summed E-state index contributed by atoms with van der Waals surface area (Å²) in [5, 5.41) is 0. The molecule has 3 heteroatoms.